The van der Waals surface area contributed by atoms with Gasteiger partial charge in [0.15, 0.2) is 11.5 Å². The molecular formula is C24H19Cl2N3O5. The molecule has 0 radical (unpaired) electrons. The van der Waals surface area contributed by atoms with Crippen molar-refractivity contribution < 1.29 is 23.9 Å². The van der Waals surface area contributed by atoms with Crippen molar-refractivity contribution in [3.05, 3.63) is 87.4 Å². The number of carbonyl (C=O) groups excluding carboxylic acids is 3. The van der Waals surface area contributed by atoms with Crippen molar-refractivity contribution in [1.29, 1.82) is 0 Å². The number of esters is 1. The highest BCUT2D eigenvalue weighted by molar-refractivity contribution is 6.45. The fourth-order valence-corrected chi connectivity index (χ4v) is 3.04. The van der Waals surface area contributed by atoms with Crippen molar-refractivity contribution in [3.8, 4) is 11.5 Å². The van der Waals surface area contributed by atoms with Crippen LogP contribution in [0.15, 0.2) is 65.8 Å². The molecular weight excluding hydrogens is 481 g/mol. The number of nitrogens with zero attached hydrogens (tertiary/aromatic N) is 1. The molecule has 3 aromatic carbocycles. The van der Waals surface area contributed by atoms with E-state index in [-0.39, 0.29) is 27.2 Å². The van der Waals surface area contributed by atoms with E-state index in [1.807, 2.05) is 19.1 Å². The molecule has 0 aliphatic rings. The quantitative estimate of drug-likeness (QED) is 0.169. The SMILES string of the molecule is COc1cc(C=NNC(=O)C(=O)Nc2cccc(Cl)c2Cl)ccc1OC(=O)c1ccc(C)cc1. The number of nitrogens with one attached hydrogen (secondary N) is 2. The Morgan fingerprint density at radius 3 is 2.38 bits per heavy atom. The van der Waals surface area contributed by atoms with Crippen LogP contribution in [0.1, 0.15) is 21.5 Å². The van der Waals surface area contributed by atoms with Crippen LogP contribution in [0, 0.1) is 6.92 Å². The minimum absolute atomic E-state index is 0.115. The van der Waals surface area contributed by atoms with Gasteiger partial charge >= 0.3 is 17.8 Å². The number of amides is 2. The zero-order valence-corrected chi connectivity index (χ0v) is 19.6. The van der Waals surface area contributed by atoms with Crippen molar-refractivity contribution >= 4 is 52.9 Å². The zero-order valence-electron chi connectivity index (χ0n) is 18.1. The Morgan fingerprint density at radius 1 is 0.941 bits per heavy atom. The van der Waals surface area contributed by atoms with Gasteiger partial charge in [-0.2, -0.15) is 5.10 Å². The van der Waals surface area contributed by atoms with Crippen LogP contribution in [-0.2, 0) is 9.59 Å². The summed E-state index contributed by atoms with van der Waals surface area (Å²) >= 11 is 11.9. The molecule has 2 amide bonds. The summed E-state index contributed by atoms with van der Waals surface area (Å²) in [6.07, 6.45) is 1.30. The second-order valence-electron chi connectivity index (χ2n) is 6.92. The third-order valence-electron chi connectivity index (χ3n) is 4.46. The van der Waals surface area contributed by atoms with E-state index in [1.165, 1.54) is 25.5 Å². The molecule has 0 unspecified atom stereocenters. The summed E-state index contributed by atoms with van der Waals surface area (Å²) < 4.78 is 10.7. The van der Waals surface area contributed by atoms with E-state index in [4.69, 9.17) is 32.7 Å². The summed E-state index contributed by atoms with van der Waals surface area (Å²) in [6, 6.07) is 16.3. The average molecular weight is 500 g/mol. The molecule has 174 valence electrons. The molecule has 0 spiro atoms. The minimum Gasteiger partial charge on any atom is -0.493 e. The molecule has 3 rings (SSSR count). The molecule has 0 fully saturated rings. The fraction of sp³-hybridized carbons (Fsp3) is 0.0833. The second kappa shape index (κ2) is 11.3. The summed E-state index contributed by atoms with van der Waals surface area (Å²) in [5, 5.41) is 6.46. The highest BCUT2D eigenvalue weighted by atomic mass is 35.5. The first kappa shape index (κ1) is 24.8. The molecule has 34 heavy (non-hydrogen) atoms. The number of hydrogen-bond donors (Lipinski definition) is 2. The predicted octanol–water partition coefficient (Wildman–Crippen LogP) is 4.62. The van der Waals surface area contributed by atoms with Gasteiger partial charge in [-0.05, 0) is 55.0 Å². The van der Waals surface area contributed by atoms with Gasteiger partial charge in [0.2, 0.25) is 0 Å². The first-order valence-corrected chi connectivity index (χ1v) is 10.6. The van der Waals surface area contributed by atoms with E-state index >= 15 is 0 Å². The van der Waals surface area contributed by atoms with Crippen molar-refractivity contribution in [3.63, 3.8) is 0 Å². The fourth-order valence-electron chi connectivity index (χ4n) is 2.69. The Kier molecular flexibility index (Phi) is 8.24. The molecule has 3 aromatic rings. The van der Waals surface area contributed by atoms with E-state index in [1.54, 1.807) is 36.4 Å². The zero-order chi connectivity index (χ0) is 24.7. The van der Waals surface area contributed by atoms with E-state index in [9.17, 15) is 14.4 Å². The summed E-state index contributed by atoms with van der Waals surface area (Å²) in [4.78, 5) is 36.4. The van der Waals surface area contributed by atoms with Crippen LogP contribution in [0.2, 0.25) is 10.0 Å². The normalized spacial score (nSPS) is 10.6. The van der Waals surface area contributed by atoms with E-state index < -0.39 is 17.8 Å². The lowest BCUT2D eigenvalue weighted by Crippen LogP contribution is -2.32. The third kappa shape index (κ3) is 6.34. The van der Waals surface area contributed by atoms with Gasteiger partial charge in [-0.15, -0.1) is 0 Å². The molecule has 0 aliphatic heterocycles. The summed E-state index contributed by atoms with van der Waals surface area (Å²) in [6.45, 7) is 1.92. The van der Waals surface area contributed by atoms with Gasteiger partial charge in [0.1, 0.15) is 0 Å². The Morgan fingerprint density at radius 2 is 1.68 bits per heavy atom. The number of methoxy groups -OCH3 is 1. The van der Waals surface area contributed by atoms with Crippen LogP contribution in [0.4, 0.5) is 5.69 Å². The maximum atomic E-state index is 12.4. The molecule has 0 atom stereocenters. The number of hydrazone groups is 1. The van der Waals surface area contributed by atoms with Crippen LogP contribution in [0.25, 0.3) is 0 Å². The van der Waals surface area contributed by atoms with Crippen LogP contribution >= 0.6 is 23.2 Å². The van der Waals surface area contributed by atoms with Gasteiger partial charge in [-0.1, -0.05) is 47.0 Å². The minimum atomic E-state index is -1.01. The van der Waals surface area contributed by atoms with Crippen molar-refractivity contribution in [1.82, 2.24) is 5.43 Å². The first-order valence-electron chi connectivity index (χ1n) is 9.83. The lowest BCUT2D eigenvalue weighted by molar-refractivity contribution is -0.136. The van der Waals surface area contributed by atoms with Crippen molar-refractivity contribution in [2.45, 2.75) is 6.92 Å². The molecule has 2 N–H and O–H groups in total. The number of hydrogen-bond acceptors (Lipinski definition) is 6. The smallest absolute Gasteiger partial charge is 0.343 e. The third-order valence-corrected chi connectivity index (χ3v) is 5.28. The highest BCUT2D eigenvalue weighted by Gasteiger charge is 2.16. The monoisotopic (exact) mass is 499 g/mol. The Balaban J connectivity index is 1.61. The number of carbonyl (C=O) groups is 3. The molecule has 0 aromatic heterocycles. The van der Waals surface area contributed by atoms with Gasteiger partial charge in [-0.3, -0.25) is 9.59 Å². The molecule has 0 saturated heterocycles. The largest absolute Gasteiger partial charge is 0.493 e. The Bertz CT molecular complexity index is 1260. The van der Waals surface area contributed by atoms with Gasteiger partial charge in [0, 0.05) is 0 Å². The average Bonchev–Trinajstić information content (AvgIpc) is 2.83. The topological polar surface area (TPSA) is 106 Å². The number of anilines is 1. The van der Waals surface area contributed by atoms with E-state index in [0.717, 1.165) is 5.56 Å². The standard InChI is InChI=1S/C24H19Cl2N3O5/c1-14-6-9-16(10-7-14)24(32)34-19-11-8-15(12-20(19)33-2)13-27-29-23(31)22(30)28-18-5-3-4-17(25)21(18)26/h3-13H,1-2H3,(H,28,30)(H,29,31). The maximum absolute atomic E-state index is 12.4. The van der Waals surface area contributed by atoms with E-state index in [0.29, 0.717) is 11.1 Å². The predicted molar refractivity (Wildman–Crippen MR) is 130 cm³/mol. The molecule has 0 aliphatic carbocycles. The van der Waals surface area contributed by atoms with Crippen LogP contribution in [0.5, 0.6) is 11.5 Å². The van der Waals surface area contributed by atoms with Crippen molar-refractivity contribution in [2.75, 3.05) is 12.4 Å². The number of halogens is 2. The number of ether oxygens (including phenoxy) is 2. The summed E-state index contributed by atoms with van der Waals surface area (Å²) in [7, 11) is 1.42. The lowest BCUT2D eigenvalue weighted by Gasteiger charge is -2.10. The van der Waals surface area contributed by atoms with Crippen LogP contribution < -0.4 is 20.2 Å². The number of benzene rings is 3. The number of rotatable bonds is 6. The van der Waals surface area contributed by atoms with Crippen LogP contribution in [-0.4, -0.2) is 31.1 Å². The van der Waals surface area contributed by atoms with Gasteiger partial charge in [-0.25, -0.2) is 10.2 Å². The molecule has 8 nitrogen and oxygen atoms in total. The lowest BCUT2D eigenvalue weighted by atomic mass is 10.1. The molecule has 0 heterocycles. The number of aryl methyl sites for hydroxylation is 1. The van der Waals surface area contributed by atoms with Gasteiger partial charge in [0.05, 0.1) is 34.6 Å². The van der Waals surface area contributed by atoms with Gasteiger partial charge in [0.25, 0.3) is 0 Å². The molecule has 0 bridgehead atoms. The first-order chi connectivity index (χ1) is 16.3. The molecule has 0 saturated carbocycles. The van der Waals surface area contributed by atoms with E-state index in [2.05, 4.69) is 15.8 Å². The summed E-state index contributed by atoms with van der Waals surface area (Å²) in [5.41, 5.74) is 4.25. The maximum Gasteiger partial charge on any atom is 0.343 e. The Labute approximate surface area is 205 Å². The second-order valence-corrected chi connectivity index (χ2v) is 7.71. The molecule has 10 heteroatoms. The van der Waals surface area contributed by atoms with Gasteiger partial charge < -0.3 is 14.8 Å². The summed E-state index contributed by atoms with van der Waals surface area (Å²) in [5.74, 6) is -2.02. The van der Waals surface area contributed by atoms with Crippen LogP contribution in [0.3, 0.4) is 0 Å². The Hall–Kier alpha value is -3.88. The highest BCUT2D eigenvalue weighted by Crippen LogP contribution is 2.30. The van der Waals surface area contributed by atoms with Crippen molar-refractivity contribution in [2.24, 2.45) is 5.10 Å².